The topological polar surface area (TPSA) is 49.8 Å². The molecule has 1 aromatic heterocycles. The minimum absolute atomic E-state index is 0.808. The zero-order valence-electron chi connectivity index (χ0n) is 10.5. The first-order chi connectivity index (χ1) is 8.31. The Morgan fingerprint density at radius 2 is 2.12 bits per heavy atom. The SMILES string of the molecule is CNc1cc(NCCC2CCC2)nc(SC)n1. The zero-order valence-corrected chi connectivity index (χ0v) is 11.3. The Bertz CT molecular complexity index is 343. The maximum Gasteiger partial charge on any atom is 0.191 e. The van der Waals surface area contributed by atoms with Crippen molar-refractivity contribution in [1.29, 1.82) is 0 Å². The Hall–Kier alpha value is -0.970. The molecule has 1 saturated carbocycles. The molecule has 94 valence electrons. The molecule has 0 spiro atoms. The minimum Gasteiger partial charge on any atom is -0.373 e. The van der Waals surface area contributed by atoms with E-state index in [0.717, 1.165) is 29.3 Å². The molecule has 0 bridgehead atoms. The second-order valence-corrected chi connectivity index (χ2v) is 5.16. The Morgan fingerprint density at radius 1 is 1.35 bits per heavy atom. The molecule has 0 aromatic carbocycles. The molecule has 0 atom stereocenters. The van der Waals surface area contributed by atoms with Crippen LogP contribution in [0.15, 0.2) is 11.2 Å². The van der Waals surface area contributed by atoms with Crippen LogP contribution in [-0.4, -0.2) is 29.8 Å². The second kappa shape index (κ2) is 6.10. The lowest BCUT2D eigenvalue weighted by Crippen LogP contribution is -2.16. The van der Waals surface area contributed by atoms with Crippen molar-refractivity contribution >= 4 is 23.4 Å². The standard InChI is InChI=1S/C12H20N4S/c1-13-10-8-11(16-12(15-10)17-2)14-7-6-9-4-3-5-9/h8-9H,3-7H2,1-2H3,(H2,13,14,15,16). The molecule has 1 aliphatic carbocycles. The Kier molecular flexibility index (Phi) is 4.48. The summed E-state index contributed by atoms with van der Waals surface area (Å²) in [6.07, 6.45) is 7.48. The molecule has 2 N–H and O–H groups in total. The van der Waals surface area contributed by atoms with Crippen LogP contribution in [0.2, 0.25) is 0 Å². The van der Waals surface area contributed by atoms with Gasteiger partial charge in [0.1, 0.15) is 11.6 Å². The largest absolute Gasteiger partial charge is 0.373 e. The van der Waals surface area contributed by atoms with E-state index in [1.807, 2.05) is 19.4 Å². The summed E-state index contributed by atoms with van der Waals surface area (Å²) >= 11 is 1.57. The third-order valence-corrected chi connectivity index (χ3v) is 3.78. The van der Waals surface area contributed by atoms with Crippen LogP contribution in [0.4, 0.5) is 11.6 Å². The molecule has 4 nitrogen and oxygen atoms in total. The van der Waals surface area contributed by atoms with Crippen molar-refractivity contribution < 1.29 is 0 Å². The van der Waals surface area contributed by atoms with Crippen molar-refractivity contribution in [1.82, 2.24) is 9.97 Å². The van der Waals surface area contributed by atoms with Crippen molar-refractivity contribution in [2.24, 2.45) is 5.92 Å². The van der Waals surface area contributed by atoms with Crippen LogP contribution in [-0.2, 0) is 0 Å². The van der Waals surface area contributed by atoms with Crippen LogP contribution in [0.5, 0.6) is 0 Å². The van der Waals surface area contributed by atoms with E-state index >= 15 is 0 Å². The Labute approximate surface area is 107 Å². The van der Waals surface area contributed by atoms with Gasteiger partial charge in [0.15, 0.2) is 5.16 Å². The van der Waals surface area contributed by atoms with Crippen molar-refractivity contribution in [2.45, 2.75) is 30.8 Å². The summed E-state index contributed by atoms with van der Waals surface area (Å²) in [5, 5.41) is 7.26. The van der Waals surface area contributed by atoms with Gasteiger partial charge in [0, 0.05) is 19.7 Å². The van der Waals surface area contributed by atoms with Crippen molar-refractivity contribution in [3.63, 3.8) is 0 Å². The number of nitrogens with one attached hydrogen (secondary N) is 2. The highest BCUT2D eigenvalue weighted by molar-refractivity contribution is 7.98. The lowest BCUT2D eigenvalue weighted by Gasteiger charge is -2.25. The molecular formula is C12H20N4S. The molecule has 1 aromatic rings. The number of anilines is 2. The highest BCUT2D eigenvalue weighted by Crippen LogP contribution is 2.29. The summed E-state index contributed by atoms with van der Waals surface area (Å²) in [6.45, 7) is 1.01. The molecule has 0 radical (unpaired) electrons. The van der Waals surface area contributed by atoms with Crippen LogP contribution in [0.3, 0.4) is 0 Å². The van der Waals surface area contributed by atoms with E-state index in [9.17, 15) is 0 Å². The normalized spacial score (nSPS) is 15.4. The van der Waals surface area contributed by atoms with Crippen LogP contribution in [0, 0.1) is 5.92 Å². The molecular weight excluding hydrogens is 232 g/mol. The second-order valence-electron chi connectivity index (χ2n) is 4.39. The first-order valence-electron chi connectivity index (χ1n) is 6.16. The maximum atomic E-state index is 4.44. The van der Waals surface area contributed by atoms with Gasteiger partial charge in [0.25, 0.3) is 0 Å². The number of nitrogens with zero attached hydrogens (tertiary/aromatic N) is 2. The fourth-order valence-electron chi connectivity index (χ4n) is 1.92. The fourth-order valence-corrected chi connectivity index (χ4v) is 2.30. The first-order valence-corrected chi connectivity index (χ1v) is 7.39. The third-order valence-electron chi connectivity index (χ3n) is 3.23. The van der Waals surface area contributed by atoms with E-state index < -0.39 is 0 Å². The average Bonchev–Trinajstić information content (AvgIpc) is 2.31. The van der Waals surface area contributed by atoms with E-state index in [2.05, 4.69) is 20.6 Å². The van der Waals surface area contributed by atoms with Crippen LogP contribution in [0.25, 0.3) is 0 Å². The molecule has 1 fully saturated rings. The van der Waals surface area contributed by atoms with Gasteiger partial charge < -0.3 is 10.6 Å². The maximum absolute atomic E-state index is 4.44. The summed E-state index contributed by atoms with van der Waals surface area (Å²) in [6, 6.07) is 1.96. The molecule has 2 rings (SSSR count). The predicted octanol–water partition coefficient (Wildman–Crippen LogP) is 2.84. The number of rotatable bonds is 6. The number of hydrogen-bond acceptors (Lipinski definition) is 5. The van der Waals surface area contributed by atoms with E-state index in [-0.39, 0.29) is 0 Å². The first kappa shape index (κ1) is 12.5. The lowest BCUT2D eigenvalue weighted by atomic mass is 9.83. The summed E-state index contributed by atoms with van der Waals surface area (Å²) < 4.78 is 0. The van der Waals surface area contributed by atoms with Crippen LogP contribution in [0.1, 0.15) is 25.7 Å². The van der Waals surface area contributed by atoms with Gasteiger partial charge in [-0.15, -0.1) is 0 Å². The predicted molar refractivity (Wildman–Crippen MR) is 73.8 cm³/mol. The smallest absolute Gasteiger partial charge is 0.191 e. The van der Waals surface area contributed by atoms with Gasteiger partial charge in [-0.2, -0.15) is 0 Å². The third kappa shape index (κ3) is 3.49. The highest BCUT2D eigenvalue weighted by Gasteiger charge is 2.16. The minimum atomic E-state index is 0.808. The monoisotopic (exact) mass is 252 g/mol. The molecule has 0 aliphatic heterocycles. The molecule has 17 heavy (non-hydrogen) atoms. The number of thioether (sulfide) groups is 1. The van der Waals surface area contributed by atoms with Gasteiger partial charge >= 0.3 is 0 Å². The molecule has 0 unspecified atom stereocenters. The van der Waals surface area contributed by atoms with Gasteiger partial charge in [0.2, 0.25) is 0 Å². The number of aromatic nitrogens is 2. The number of hydrogen-bond donors (Lipinski definition) is 2. The van der Waals surface area contributed by atoms with Crippen molar-refractivity contribution in [3.05, 3.63) is 6.07 Å². The van der Waals surface area contributed by atoms with Gasteiger partial charge in [0.05, 0.1) is 0 Å². The van der Waals surface area contributed by atoms with E-state index in [1.165, 1.54) is 25.7 Å². The molecule has 1 aliphatic rings. The van der Waals surface area contributed by atoms with E-state index in [0.29, 0.717) is 0 Å². The van der Waals surface area contributed by atoms with Crippen LogP contribution < -0.4 is 10.6 Å². The summed E-state index contributed by atoms with van der Waals surface area (Å²) in [4.78, 5) is 8.78. The van der Waals surface area contributed by atoms with E-state index in [1.54, 1.807) is 11.8 Å². The summed E-state index contributed by atoms with van der Waals surface area (Å²) in [5.41, 5.74) is 0. The summed E-state index contributed by atoms with van der Waals surface area (Å²) in [7, 11) is 1.88. The Morgan fingerprint density at radius 3 is 2.71 bits per heavy atom. The van der Waals surface area contributed by atoms with Gasteiger partial charge in [-0.1, -0.05) is 31.0 Å². The lowest BCUT2D eigenvalue weighted by molar-refractivity contribution is 0.303. The summed E-state index contributed by atoms with van der Waals surface area (Å²) in [5.74, 6) is 2.73. The van der Waals surface area contributed by atoms with E-state index in [4.69, 9.17) is 0 Å². The van der Waals surface area contributed by atoms with Gasteiger partial charge in [-0.25, -0.2) is 9.97 Å². The van der Waals surface area contributed by atoms with Gasteiger partial charge in [-0.05, 0) is 18.6 Å². The fraction of sp³-hybridized carbons (Fsp3) is 0.667. The van der Waals surface area contributed by atoms with Gasteiger partial charge in [-0.3, -0.25) is 0 Å². The zero-order chi connectivity index (χ0) is 12.1. The Balaban J connectivity index is 1.89. The molecule has 0 amide bonds. The average molecular weight is 252 g/mol. The molecule has 0 saturated heterocycles. The molecule has 5 heteroatoms. The van der Waals surface area contributed by atoms with Crippen molar-refractivity contribution in [2.75, 3.05) is 30.5 Å². The van der Waals surface area contributed by atoms with Crippen molar-refractivity contribution in [3.8, 4) is 0 Å². The highest BCUT2D eigenvalue weighted by atomic mass is 32.2. The quantitative estimate of drug-likeness (QED) is 0.602. The molecule has 1 heterocycles. The van der Waals surface area contributed by atoms with Crippen LogP contribution >= 0.6 is 11.8 Å².